The van der Waals surface area contributed by atoms with E-state index in [1.54, 1.807) is 13.2 Å². The lowest BCUT2D eigenvalue weighted by molar-refractivity contribution is -0.123. The zero-order valence-electron chi connectivity index (χ0n) is 11.0. The molecule has 1 aromatic carbocycles. The van der Waals surface area contributed by atoms with E-state index in [0.717, 1.165) is 5.56 Å². The zero-order chi connectivity index (χ0) is 13.5. The minimum absolute atomic E-state index is 0.0271. The first-order valence-electron chi connectivity index (χ1n) is 5.91. The van der Waals surface area contributed by atoms with E-state index in [2.05, 4.69) is 5.32 Å². The van der Waals surface area contributed by atoms with Gasteiger partial charge in [0.25, 0.3) is 5.91 Å². The van der Waals surface area contributed by atoms with Crippen LogP contribution >= 0.6 is 0 Å². The molecule has 0 aliphatic rings. The quantitative estimate of drug-likeness (QED) is 0.798. The van der Waals surface area contributed by atoms with Crippen LogP contribution < -0.4 is 20.5 Å². The summed E-state index contributed by atoms with van der Waals surface area (Å²) in [6, 6.07) is 5.23. The number of benzene rings is 1. The first kappa shape index (κ1) is 14.3. The molecule has 1 atom stereocenters. The number of hydrogen-bond acceptors (Lipinski definition) is 4. The van der Waals surface area contributed by atoms with Crippen LogP contribution in [0.4, 0.5) is 0 Å². The van der Waals surface area contributed by atoms with E-state index >= 15 is 0 Å². The average Bonchev–Trinajstić information content (AvgIpc) is 2.36. The highest BCUT2D eigenvalue weighted by atomic mass is 16.5. The third kappa shape index (κ3) is 3.92. The molecule has 0 heterocycles. The molecule has 18 heavy (non-hydrogen) atoms. The Morgan fingerprint density at radius 3 is 2.78 bits per heavy atom. The number of rotatable bonds is 6. The van der Waals surface area contributed by atoms with E-state index in [1.165, 1.54) is 0 Å². The molecule has 1 aromatic rings. The zero-order valence-corrected chi connectivity index (χ0v) is 11.0. The Balaban J connectivity index is 2.80. The third-order valence-corrected chi connectivity index (χ3v) is 2.44. The van der Waals surface area contributed by atoms with Crippen molar-refractivity contribution in [2.75, 3.05) is 20.3 Å². The monoisotopic (exact) mass is 252 g/mol. The molecule has 0 aliphatic carbocycles. The van der Waals surface area contributed by atoms with Gasteiger partial charge in [0, 0.05) is 24.2 Å². The van der Waals surface area contributed by atoms with Gasteiger partial charge >= 0.3 is 0 Å². The van der Waals surface area contributed by atoms with Crippen molar-refractivity contribution in [2.45, 2.75) is 19.9 Å². The Hall–Kier alpha value is -1.75. The Kier molecular flexibility index (Phi) is 5.45. The van der Waals surface area contributed by atoms with Gasteiger partial charge in [0.1, 0.15) is 11.5 Å². The van der Waals surface area contributed by atoms with E-state index in [0.29, 0.717) is 18.0 Å². The van der Waals surface area contributed by atoms with Crippen LogP contribution in [0.25, 0.3) is 0 Å². The Bertz CT molecular complexity index is 405. The number of nitrogens with one attached hydrogen (secondary N) is 1. The lowest BCUT2D eigenvalue weighted by Crippen LogP contribution is -2.28. The van der Waals surface area contributed by atoms with Crippen LogP contribution in [-0.2, 0) is 4.79 Å². The highest BCUT2D eigenvalue weighted by molar-refractivity contribution is 5.77. The minimum Gasteiger partial charge on any atom is -0.497 e. The van der Waals surface area contributed by atoms with Gasteiger partial charge in [0.2, 0.25) is 0 Å². The van der Waals surface area contributed by atoms with Crippen LogP contribution in [0.3, 0.4) is 0 Å². The molecule has 0 spiro atoms. The van der Waals surface area contributed by atoms with Gasteiger partial charge in [0.15, 0.2) is 6.61 Å². The van der Waals surface area contributed by atoms with Crippen molar-refractivity contribution in [3.63, 3.8) is 0 Å². The van der Waals surface area contributed by atoms with Crippen molar-refractivity contribution in [2.24, 2.45) is 5.73 Å². The molecule has 0 saturated heterocycles. The molecule has 0 aromatic heterocycles. The van der Waals surface area contributed by atoms with Crippen LogP contribution in [0.2, 0.25) is 0 Å². The van der Waals surface area contributed by atoms with Gasteiger partial charge in [-0.15, -0.1) is 0 Å². The van der Waals surface area contributed by atoms with Crippen molar-refractivity contribution in [3.05, 3.63) is 23.8 Å². The minimum atomic E-state index is -0.167. The second-order valence-electron chi connectivity index (χ2n) is 3.93. The third-order valence-electron chi connectivity index (χ3n) is 2.44. The summed E-state index contributed by atoms with van der Waals surface area (Å²) >= 11 is 0. The summed E-state index contributed by atoms with van der Waals surface area (Å²) in [6.07, 6.45) is 0. The molecule has 100 valence electrons. The first-order chi connectivity index (χ1) is 8.58. The number of nitrogens with two attached hydrogens (primary N) is 1. The molecule has 0 fully saturated rings. The number of amides is 1. The number of carbonyl (C=O) groups is 1. The fourth-order valence-corrected chi connectivity index (χ4v) is 1.53. The van der Waals surface area contributed by atoms with Gasteiger partial charge in [-0.05, 0) is 19.9 Å². The van der Waals surface area contributed by atoms with Crippen LogP contribution in [0.15, 0.2) is 18.2 Å². The van der Waals surface area contributed by atoms with Gasteiger partial charge in [-0.3, -0.25) is 4.79 Å². The Morgan fingerprint density at radius 2 is 2.22 bits per heavy atom. The van der Waals surface area contributed by atoms with Gasteiger partial charge in [0.05, 0.1) is 7.11 Å². The molecule has 0 saturated carbocycles. The van der Waals surface area contributed by atoms with Crippen molar-refractivity contribution >= 4 is 5.91 Å². The predicted octanol–water partition coefficient (Wildman–Crippen LogP) is 1.23. The fraction of sp³-hybridized carbons (Fsp3) is 0.462. The topological polar surface area (TPSA) is 73.6 Å². The SMILES string of the molecule is CCNC(=O)COc1cc(OC)ccc1[C@H](C)N. The molecular formula is C13H20N2O3. The van der Waals surface area contributed by atoms with Crippen molar-refractivity contribution in [1.82, 2.24) is 5.32 Å². The largest absolute Gasteiger partial charge is 0.497 e. The highest BCUT2D eigenvalue weighted by Gasteiger charge is 2.11. The lowest BCUT2D eigenvalue weighted by atomic mass is 10.1. The van der Waals surface area contributed by atoms with Gasteiger partial charge in [-0.1, -0.05) is 6.07 Å². The van der Waals surface area contributed by atoms with Crippen molar-refractivity contribution in [1.29, 1.82) is 0 Å². The van der Waals surface area contributed by atoms with Crippen LogP contribution in [0.1, 0.15) is 25.5 Å². The second kappa shape index (κ2) is 6.86. The molecule has 0 radical (unpaired) electrons. The number of carbonyl (C=O) groups excluding carboxylic acids is 1. The molecule has 5 heteroatoms. The molecular weight excluding hydrogens is 232 g/mol. The Labute approximate surface area is 107 Å². The maximum absolute atomic E-state index is 11.4. The summed E-state index contributed by atoms with van der Waals surface area (Å²) in [5, 5.41) is 2.67. The smallest absolute Gasteiger partial charge is 0.257 e. The summed E-state index contributed by atoms with van der Waals surface area (Å²) in [4.78, 5) is 11.4. The maximum atomic E-state index is 11.4. The number of likely N-dealkylation sites (N-methyl/N-ethyl adjacent to an activating group) is 1. The fourth-order valence-electron chi connectivity index (χ4n) is 1.53. The first-order valence-corrected chi connectivity index (χ1v) is 5.91. The summed E-state index contributed by atoms with van der Waals surface area (Å²) in [6.45, 7) is 4.28. The van der Waals surface area contributed by atoms with Gasteiger partial charge < -0.3 is 20.5 Å². The molecule has 1 amide bonds. The normalized spacial score (nSPS) is 11.8. The van der Waals surface area contributed by atoms with E-state index in [4.69, 9.17) is 15.2 Å². The lowest BCUT2D eigenvalue weighted by Gasteiger charge is -2.15. The van der Waals surface area contributed by atoms with Crippen LogP contribution in [0.5, 0.6) is 11.5 Å². The summed E-state index contributed by atoms with van der Waals surface area (Å²) < 4.78 is 10.6. The van der Waals surface area contributed by atoms with Crippen molar-refractivity contribution < 1.29 is 14.3 Å². The molecule has 0 unspecified atom stereocenters. The highest BCUT2D eigenvalue weighted by Crippen LogP contribution is 2.28. The molecule has 0 bridgehead atoms. The summed E-state index contributed by atoms with van der Waals surface area (Å²) in [5.74, 6) is 1.09. The predicted molar refractivity (Wildman–Crippen MR) is 69.8 cm³/mol. The van der Waals surface area contributed by atoms with Crippen molar-refractivity contribution in [3.8, 4) is 11.5 Å². The van der Waals surface area contributed by atoms with Crippen LogP contribution in [0, 0.1) is 0 Å². The second-order valence-corrected chi connectivity index (χ2v) is 3.93. The number of hydrogen-bond donors (Lipinski definition) is 2. The van der Waals surface area contributed by atoms with E-state index in [-0.39, 0.29) is 18.6 Å². The maximum Gasteiger partial charge on any atom is 0.257 e. The van der Waals surface area contributed by atoms with E-state index in [1.807, 2.05) is 26.0 Å². The molecule has 1 rings (SSSR count). The average molecular weight is 252 g/mol. The Morgan fingerprint density at radius 1 is 1.50 bits per heavy atom. The van der Waals surface area contributed by atoms with Crippen LogP contribution in [-0.4, -0.2) is 26.2 Å². The standard InChI is InChI=1S/C13H20N2O3/c1-4-15-13(16)8-18-12-7-10(17-3)5-6-11(12)9(2)14/h5-7,9H,4,8,14H2,1-3H3,(H,15,16)/t9-/m0/s1. The van der Waals surface area contributed by atoms with Gasteiger partial charge in [-0.25, -0.2) is 0 Å². The summed E-state index contributed by atoms with van der Waals surface area (Å²) in [7, 11) is 1.58. The number of methoxy groups -OCH3 is 1. The molecule has 5 nitrogen and oxygen atoms in total. The summed E-state index contributed by atoms with van der Waals surface area (Å²) in [5.41, 5.74) is 6.70. The van der Waals surface area contributed by atoms with Gasteiger partial charge in [-0.2, -0.15) is 0 Å². The van der Waals surface area contributed by atoms with E-state index in [9.17, 15) is 4.79 Å². The van der Waals surface area contributed by atoms with E-state index < -0.39 is 0 Å². The molecule has 3 N–H and O–H groups in total. The number of ether oxygens (including phenoxy) is 2. The molecule has 0 aliphatic heterocycles.